The van der Waals surface area contributed by atoms with E-state index in [0.29, 0.717) is 5.92 Å². The highest BCUT2D eigenvalue weighted by Crippen LogP contribution is 2.28. The second kappa shape index (κ2) is 8.04. The highest BCUT2D eigenvalue weighted by Gasteiger charge is 2.22. The summed E-state index contributed by atoms with van der Waals surface area (Å²) in [6.07, 6.45) is 0.254. The minimum atomic E-state index is -3.23. The molecule has 1 aliphatic rings. The van der Waals surface area contributed by atoms with Crippen LogP contribution in [0, 0.1) is 11.8 Å². The van der Waals surface area contributed by atoms with E-state index in [1.165, 1.54) is 0 Å². The molecule has 1 aliphatic carbocycles. The van der Waals surface area contributed by atoms with Gasteiger partial charge in [-0.15, -0.1) is 0 Å². The summed E-state index contributed by atoms with van der Waals surface area (Å²) < 4.78 is 32.5. The van der Waals surface area contributed by atoms with Crippen LogP contribution in [-0.4, -0.2) is 43.3 Å². The van der Waals surface area contributed by atoms with E-state index in [0.717, 1.165) is 25.7 Å². The van der Waals surface area contributed by atoms with E-state index in [4.69, 9.17) is 9.84 Å². The first-order chi connectivity index (χ1) is 9.02. The molecular weight excluding hydrogens is 262 g/mol. The van der Waals surface area contributed by atoms with Crippen LogP contribution in [0.5, 0.6) is 0 Å². The highest BCUT2D eigenvalue weighted by molar-refractivity contribution is 5.77. The van der Waals surface area contributed by atoms with Crippen molar-refractivity contribution in [3.63, 3.8) is 0 Å². The molecule has 0 saturated heterocycles. The van der Waals surface area contributed by atoms with Crippen LogP contribution in [0.25, 0.3) is 0 Å². The van der Waals surface area contributed by atoms with Gasteiger partial charge in [-0.1, -0.05) is 0 Å². The Bertz CT molecular complexity index is 300. The van der Waals surface area contributed by atoms with Gasteiger partial charge in [0, 0.05) is 6.61 Å². The molecule has 7 heteroatoms. The van der Waals surface area contributed by atoms with Crippen molar-refractivity contribution in [2.24, 2.45) is 11.8 Å². The Kier molecular flexibility index (Phi) is 6.69. The van der Waals surface area contributed by atoms with Crippen molar-refractivity contribution in [2.45, 2.75) is 32.1 Å². The van der Waals surface area contributed by atoms with E-state index < -0.39 is 25.0 Å². The summed E-state index contributed by atoms with van der Waals surface area (Å²) >= 11 is 0. The van der Waals surface area contributed by atoms with E-state index in [1.807, 2.05) is 0 Å². The molecule has 0 atom stereocenters. The minimum absolute atomic E-state index is 0.177. The lowest BCUT2D eigenvalue weighted by atomic mass is 9.83. The van der Waals surface area contributed by atoms with E-state index in [9.17, 15) is 18.4 Å². The number of hydrogen-bond acceptors (Lipinski definition) is 5. The van der Waals surface area contributed by atoms with Gasteiger partial charge >= 0.3 is 18.4 Å². The number of ether oxygens (including phenoxy) is 2. The summed E-state index contributed by atoms with van der Waals surface area (Å²) in [7, 11) is 0. The van der Waals surface area contributed by atoms with Gasteiger partial charge in [0.25, 0.3) is 0 Å². The molecule has 0 aromatic heterocycles. The number of carbonyl (C=O) groups excluding carboxylic acids is 2. The topological polar surface area (TPSA) is 72.8 Å². The Labute approximate surface area is 109 Å². The number of carbonyl (C=O) groups is 2. The number of esters is 2. The quantitative estimate of drug-likeness (QED) is 0.738. The molecule has 1 rings (SSSR count). The van der Waals surface area contributed by atoms with Gasteiger partial charge in [0.2, 0.25) is 0 Å². The predicted molar refractivity (Wildman–Crippen MR) is 60.5 cm³/mol. The molecule has 0 unspecified atom stereocenters. The van der Waals surface area contributed by atoms with Crippen LogP contribution in [-0.2, 0) is 19.1 Å². The zero-order chi connectivity index (χ0) is 14.3. The Morgan fingerprint density at radius 1 is 1.11 bits per heavy atom. The molecule has 1 N–H and O–H groups in total. The van der Waals surface area contributed by atoms with Crippen molar-refractivity contribution >= 4 is 11.9 Å². The van der Waals surface area contributed by atoms with Crippen LogP contribution < -0.4 is 0 Å². The maximum atomic E-state index is 11.8. The number of aliphatic hydroxyl groups excluding tert-OH is 1. The van der Waals surface area contributed by atoms with Gasteiger partial charge in [-0.2, -0.15) is 8.78 Å². The lowest BCUT2D eigenvalue weighted by molar-refractivity contribution is -0.166. The molecule has 1 fully saturated rings. The zero-order valence-electron chi connectivity index (χ0n) is 10.5. The Hall–Kier alpha value is -1.24. The van der Waals surface area contributed by atoms with Crippen molar-refractivity contribution in [1.29, 1.82) is 0 Å². The standard InChI is InChI=1S/C12H18F2O5/c13-11(14)12(17)19-7-10(16)18-6-9-3-1-8(5-15)2-4-9/h8-9,11,15H,1-7H2. The number of alkyl halides is 2. The Balaban J connectivity index is 2.12. The van der Waals surface area contributed by atoms with E-state index >= 15 is 0 Å². The monoisotopic (exact) mass is 280 g/mol. The van der Waals surface area contributed by atoms with Crippen LogP contribution >= 0.6 is 0 Å². The SMILES string of the molecule is O=C(COC(=O)C(F)F)OCC1CCC(CO)CC1. The van der Waals surface area contributed by atoms with Gasteiger partial charge in [-0.05, 0) is 37.5 Å². The van der Waals surface area contributed by atoms with E-state index in [2.05, 4.69) is 4.74 Å². The summed E-state index contributed by atoms with van der Waals surface area (Å²) in [6.45, 7) is -0.408. The summed E-state index contributed by atoms with van der Waals surface area (Å²) in [6, 6.07) is 0. The number of aliphatic hydroxyl groups is 1. The number of rotatable bonds is 6. The molecule has 0 aromatic carbocycles. The van der Waals surface area contributed by atoms with Crippen LogP contribution in [0.15, 0.2) is 0 Å². The second-order valence-corrected chi connectivity index (χ2v) is 4.66. The lowest BCUT2D eigenvalue weighted by Crippen LogP contribution is -2.25. The molecule has 1 saturated carbocycles. The number of halogens is 2. The Morgan fingerprint density at radius 3 is 2.21 bits per heavy atom. The van der Waals surface area contributed by atoms with Gasteiger partial charge in [0.05, 0.1) is 6.61 Å². The molecule has 0 bridgehead atoms. The van der Waals surface area contributed by atoms with Gasteiger partial charge < -0.3 is 14.6 Å². The smallest absolute Gasteiger partial charge is 0.374 e. The fourth-order valence-electron chi connectivity index (χ4n) is 2.03. The fourth-order valence-corrected chi connectivity index (χ4v) is 2.03. The average molecular weight is 280 g/mol. The molecule has 5 nitrogen and oxygen atoms in total. The predicted octanol–water partition coefficient (Wildman–Crippen LogP) is 1.14. The van der Waals surface area contributed by atoms with Crippen molar-refractivity contribution in [1.82, 2.24) is 0 Å². The second-order valence-electron chi connectivity index (χ2n) is 4.66. The summed E-state index contributed by atoms with van der Waals surface area (Å²) in [4.78, 5) is 21.6. The first-order valence-corrected chi connectivity index (χ1v) is 6.24. The molecule has 110 valence electrons. The number of hydrogen-bond donors (Lipinski definition) is 1. The summed E-state index contributed by atoms with van der Waals surface area (Å²) in [5, 5.41) is 8.97. The van der Waals surface area contributed by atoms with Crippen LogP contribution in [0.4, 0.5) is 8.78 Å². The van der Waals surface area contributed by atoms with Crippen LogP contribution in [0.2, 0.25) is 0 Å². The molecule has 19 heavy (non-hydrogen) atoms. The summed E-state index contributed by atoms with van der Waals surface area (Å²) in [5.41, 5.74) is 0. The van der Waals surface area contributed by atoms with Crippen molar-refractivity contribution in [2.75, 3.05) is 19.8 Å². The van der Waals surface area contributed by atoms with E-state index in [1.54, 1.807) is 0 Å². The largest absolute Gasteiger partial charge is 0.463 e. The molecule has 0 aliphatic heterocycles. The fraction of sp³-hybridized carbons (Fsp3) is 0.833. The van der Waals surface area contributed by atoms with Crippen LogP contribution in [0.3, 0.4) is 0 Å². The molecular formula is C12H18F2O5. The lowest BCUT2D eigenvalue weighted by Gasteiger charge is -2.26. The van der Waals surface area contributed by atoms with Crippen molar-refractivity contribution < 1.29 is 33.0 Å². The summed E-state index contributed by atoms with van der Waals surface area (Å²) in [5.74, 6) is -2.00. The highest BCUT2D eigenvalue weighted by atomic mass is 19.3. The maximum Gasteiger partial charge on any atom is 0.374 e. The minimum Gasteiger partial charge on any atom is -0.463 e. The normalized spacial score (nSPS) is 23.2. The molecule has 0 spiro atoms. The van der Waals surface area contributed by atoms with Gasteiger partial charge in [0.15, 0.2) is 6.61 Å². The van der Waals surface area contributed by atoms with Gasteiger partial charge in [-0.25, -0.2) is 9.59 Å². The molecule has 0 amide bonds. The van der Waals surface area contributed by atoms with Crippen molar-refractivity contribution in [3.8, 4) is 0 Å². The molecule has 0 aromatic rings. The third-order valence-electron chi connectivity index (χ3n) is 3.22. The zero-order valence-corrected chi connectivity index (χ0v) is 10.5. The van der Waals surface area contributed by atoms with Crippen LogP contribution in [0.1, 0.15) is 25.7 Å². The first-order valence-electron chi connectivity index (χ1n) is 6.24. The first kappa shape index (κ1) is 15.8. The van der Waals surface area contributed by atoms with E-state index in [-0.39, 0.29) is 19.1 Å². The average Bonchev–Trinajstić information content (AvgIpc) is 2.42. The molecule has 0 radical (unpaired) electrons. The third kappa shape index (κ3) is 5.96. The third-order valence-corrected chi connectivity index (χ3v) is 3.22. The maximum absolute atomic E-state index is 11.8. The molecule has 0 heterocycles. The van der Waals surface area contributed by atoms with Gasteiger partial charge in [0.1, 0.15) is 0 Å². The van der Waals surface area contributed by atoms with Gasteiger partial charge in [-0.3, -0.25) is 0 Å². The van der Waals surface area contributed by atoms with Crippen molar-refractivity contribution in [3.05, 3.63) is 0 Å². The Morgan fingerprint density at radius 2 is 1.68 bits per heavy atom.